The van der Waals surface area contributed by atoms with E-state index in [-0.39, 0.29) is 17.0 Å². The third-order valence-corrected chi connectivity index (χ3v) is 6.02. The van der Waals surface area contributed by atoms with E-state index in [1.54, 1.807) is 11.3 Å². The number of rotatable bonds is 4. The molecule has 134 valence electrons. The van der Waals surface area contributed by atoms with E-state index in [0.717, 1.165) is 25.2 Å². The smallest absolute Gasteiger partial charge is 0.252 e. The molecule has 4 nitrogen and oxygen atoms in total. The van der Waals surface area contributed by atoms with Gasteiger partial charge in [0.2, 0.25) is 0 Å². The Morgan fingerprint density at radius 1 is 1.33 bits per heavy atom. The normalized spacial score (nSPS) is 27.2. The molecule has 0 aliphatic carbocycles. The van der Waals surface area contributed by atoms with Gasteiger partial charge in [-0.1, -0.05) is 0 Å². The molecule has 0 aromatic carbocycles. The largest absolute Gasteiger partial charge is 0.352 e. The first-order valence-electron chi connectivity index (χ1n) is 9.08. The molecule has 2 aliphatic heterocycles. The number of carbonyl (C=O) groups excluding carboxylic acids is 1. The highest BCUT2D eigenvalue weighted by Gasteiger charge is 2.41. The Balaban J connectivity index is 1.51. The average Bonchev–Trinajstić information content (AvgIpc) is 3.13. The summed E-state index contributed by atoms with van der Waals surface area (Å²) in [4.78, 5) is 14.7. The van der Waals surface area contributed by atoms with Crippen LogP contribution in [0.2, 0.25) is 0 Å². The van der Waals surface area contributed by atoms with Crippen LogP contribution >= 0.6 is 11.3 Å². The minimum atomic E-state index is 0.0684. The maximum atomic E-state index is 12.1. The van der Waals surface area contributed by atoms with Crippen molar-refractivity contribution in [1.82, 2.24) is 15.5 Å². The van der Waals surface area contributed by atoms with Gasteiger partial charge in [-0.3, -0.25) is 9.69 Å². The van der Waals surface area contributed by atoms with Gasteiger partial charge in [0.25, 0.3) is 5.91 Å². The maximum absolute atomic E-state index is 12.1. The molecular formula is C19H31N3OS. The molecule has 5 heteroatoms. The second-order valence-electron chi connectivity index (χ2n) is 8.83. The Morgan fingerprint density at radius 3 is 2.67 bits per heavy atom. The third-order valence-electron chi connectivity index (χ3n) is 5.34. The van der Waals surface area contributed by atoms with Crippen LogP contribution in [0.15, 0.2) is 16.8 Å². The second-order valence-corrected chi connectivity index (χ2v) is 9.61. The molecule has 0 spiro atoms. The van der Waals surface area contributed by atoms with Gasteiger partial charge < -0.3 is 10.6 Å². The standard InChI is InChI=1S/C19H31N3OS/c1-18(2)9-16(10-19(3,4)21-18)22-7-5-14(12-22)11-20-17(23)15-6-8-24-13-15/h6,8,13-14,16,21H,5,7,9-12H2,1-4H3,(H,20,23)/t14-/m0/s1. The highest BCUT2D eigenvalue weighted by Crippen LogP contribution is 2.33. The van der Waals surface area contributed by atoms with Crippen molar-refractivity contribution in [2.24, 2.45) is 5.92 Å². The van der Waals surface area contributed by atoms with Crippen LogP contribution in [-0.4, -0.2) is 47.6 Å². The topological polar surface area (TPSA) is 44.4 Å². The fraction of sp³-hybridized carbons (Fsp3) is 0.737. The van der Waals surface area contributed by atoms with E-state index >= 15 is 0 Å². The van der Waals surface area contributed by atoms with E-state index in [4.69, 9.17) is 0 Å². The first-order chi connectivity index (χ1) is 11.2. The Kier molecular flexibility index (Phi) is 5.05. The van der Waals surface area contributed by atoms with Crippen LogP contribution in [0.4, 0.5) is 0 Å². The van der Waals surface area contributed by atoms with Crippen molar-refractivity contribution in [3.63, 3.8) is 0 Å². The fourth-order valence-corrected chi connectivity index (χ4v) is 5.26. The summed E-state index contributed by atoms with van der Waals surface area (Å²) in [5.41, 5.74) is 1.17. The van der Waals surface area contributed by atoms with E-state index in [9.17, 15) is 4.79 Å². The first kappa shape index (κ1) is 17.9. The summed E-state index contributed by atoms with van der Waals surface area (Å²) in [7, 11) is 0. The van der Waals surface area contributed by atoms with Crippen molar-refractivity contribution >= 4 is 17.2 Å². The van der Waals surface area contributed by atoms with Gasteiger partial charge in [-0.15, -0.1) is 0 Å². The Morgan fingerprint density at radius 2 is 2.04 bits per heavy atom. The lowest BCUT2D eigenvalue weighted by Crippen LogP contribution is -2.62. The quantitative estimate of drug-likeness (QED) is 0.878. The molecule has 0 saturated carbocycles. The number of nitrogens with one attached hydrogen (secondary N) is 2. The fourth-order valence-electron chi connectivity index (χ4n) is 4.62. The number of hydrogen-bond acceptors (Lipinski definition) is 4. The lowest BCUT2D eigenvalue weighted by Gasteiger charge is -2.49. The zero-order valence-electron chi connectivity index (χ0n) is 15.4. The lowest BCUT2D eigenvalue weighted by atomic mass is 9.79. The second kappa shape index (κ2) is 6.77. The molecule has 3 rings (SSSR count). The van der Waals surface area contributed by atoms with E-state index in [1.807, 2.05) is 16.8 Å². The Hall–Kier alpha value is -0.910. The van der Waals surface area contributed by atoms with Gasteiger partial charge in [-0.25, -0.2) is 0 Å². The van der Waals surface area contributed by atoms with Gasteiger partial charge in [0, 0.05) is 41.2 Å². The molecule has 2 saturated heterocycles. The minimum absolute atomic E-state index is 0.0684. The summed E-state index contributed by atoms with van der Waals surface area (Å²) >= 11 is 1.57. The van der Waals surface area contributed by atoms with E-state index < -0.39 is 0 Å². The molecule has 1 atom stereocenters. The highest BCUT2D eigenvalue weighted by molar-refractivity contribution is 7.08. The summed E-state index contributed by atoms with van der Waals surface area (Å²) in [6.07, 6.45) is 3.59. The van der Waals surface area contributed by atoms with Crippen molar-refractivity contribution in [1.29, 1.82) is 0 Å². The van der Waals surface area contributed by atoms with Crippen molar-refractivity contribution in [2.75, 3.05) is 19.6 Å². The predicted octanol–water partition coefficient (Wildman–Crippen LogP) is 3.11. The van der Waals surface area contributed by atoms with E-state index in [2.05, 4.69) is 43.2 Å². The van der Waals surface area contributed by atoms with Crippen molar-refractivity contribution < 1.29 is 4.79 Å². The third kappa shape index (κ3) is 4.38. The molecule has 2 fully saturated rings. The molecule has 1 aromatic heterocycles. The molecule has 0 radical (unpaired) electrons. The van der Waals surface area contributed by atoms with Crippen molar-refractivity contribution in [2.45, 2.75) is 64.1 Å². The number of carbonyl (C=O) groups is 1. The van der Waals surface area contributed by atoms with Crippen LogP contribution in [0.25, 0.3) is 0 Å². The molecule has 1 amide bonds. The predicted molar refractivity (Wildman–Crippen MR) is 101 cm³/mol. The summed E-state index contributed by atoms with van der Waals surface area (Å²) in [6.45, 7) is 12.3. The zero-order chi connectivity index (χ0) is 17.4. The number of amides is 1. The van der Waals surface area contributed by atoms with Crippen LogP contribution in [-0.2, 0) is 0 Å². The number of piperidine rings is 1. The van der Waals surface area contributed by atoms with Crippen LogP contribution in [0.5, 0.6) is 0 Å². The Bertz CT molecular complexity index is 551. The van der Waals surface area contributed by atoms with Crippen molar-refractivity contribution in [3.05, 3.63) is 22.4 Å². The van der Waals surface area contributed by atoms with Gasteiger partial charge in [0.15, 0.2) is 0 Å². The van der Waals surface area contributed by atoms with Crippen LogP contribution in [0.1, 0.15) is 57.3 Å². The van der Waals surface area contributed by atoms with Gasteiger partial charge in [0.1, 0.15) is 0 Å². The van der Waals surface area contributed by atoms with Gasteiger partial charge >= 0.3 is 0 Å². The molecule has 0 unspecified atom stereocenters. The van der Waals surface area contributed by atoms with E-state index in [1.165, 1.54) is 19.3 Å². The summed E-state index contributed by atoms with van der Waals surface area (Å²) in [5, 5.41) is 10.7. The molecule has 0 bridgehead atoms. The summed E-state index contributed by atoms with van der Waals surface area (Å²) in [6, 6.07) is 2.54. The monoisotopic (exact) mass is 349 g/mol. The molecule has 2 N–H and O–H groups in total. The first-order valence-corrected chi connectivity index (χ1v) is 10.0. The molecule has 2 aliphatic rings. The number of hydrogen-bond donors (Lipinski definition) is 2. The zero-order valence-corrected chi connectivity index (χ0v) is 16.2. The van der Waals surface area contributed by atoms with Crippen molar-refractivity contribution in [3.8, 4) is 0 Å². The van der Waals surface area contributed by atoms with Crippen LogP contribution < -0.4 is 10.6 Å². The average molecular weight is 350 g/mol. The Labute approximate surface area is 150 Å². The summed E-state index contributed by atoms with van der Waals surface area (Å²) in [5.74, 6) is 0.646. The maximum Gasteiger partial charge on any atom is 0.252 e. The number of thiophene rings is 1. The molecule has 24 heavy (non-hydrogen) atoms. The highest BCUT2D eigenvalue weighted by atomic mass is 32.1. The summed E-state index contributed by atoms with van der Waals surface area (Å²) < 4.78 is 0. The lowest BCUT2D eigenvalue weighted by molar-refractivity contribution is 0.0781. The van der Waals surface area contributed by atoms with Crippen LogP contribution in [0, 0.1) is 5.92 Å². The minimum Gasteiger partial charge on any atom is -0.352 e. The van der Waals surface area contributed by atoms with Gasteiger partial charge in [-0.05, 0) is 70.9 Å². The number of nitrogens with zero attached hydrogens (tertiary/aromatic N) is 1. The molecule has 1 aromatic rings. The van der Waals surface area contributed by atoms with Crippen LogP contribution in [0.3, 0.4) is 0 Å². The van der Waals surface area contributed by atoms with Gasteiger partial charge in [0.05, 0.1) is 0 Å². The molecular weight excluding hydrogens is 318 g/mol. The number of likely N-dealkylation sites (tertiary alicyclic amines) is 1. The van der Waals surface area contributed by atoms with E-state index in [0.29, 0.717) is 12.0 Å². The van der Waals surface area contributed by atoms with Gasteiger partial charge in [-0.2, -0.15) is 11.3 Å². The molecule has 3 heterocycles. The SMILES string of the molecule is CC1(C)CC(N2CC[C@@H](CNC(=O)c3ccsc3)C2)CC(C)(C)N1.